The molecule has 0 radical (unpaired) electrons. The van der Waals surface area contributed by atoms with E-state index in [1.807, 2.05) is 27.7 Å². The fourth-order valence-electron chi connectivity index (χ4n) is 0.701. The molecule has 1 heterocycles. The standard InChI is InChI=1S/C8H13ClN2O/c1-5(9)6-10-7(11-12-6)8(2,3)4/h5H,1-4H3/t5-/m1/s1. The maximum absolute atomic E-state index is 5.77. The quantitative estimate of drug-likeness (QED) is 0.636. The van der Waals surface area contributed by atoms with Gasteiger partial charge in [0.25, 0.3) is 0 Å². The first-order chi connectivity index (χ1) is 5.41. The van der Waals surface area contributed by atoms with Crippen molar-refractivity contribution >= 4 is 11.6 Å². The molecule has 0 aliphatic carbocycles. The number of rotatable bonds is 1. The third-order valence-corrected chi connectivity index (χ3v) is 1.64. The average Bonchev–Trinajstić information content (AvgIpc) is 2.30. The highest BCUT2D eigenvalue weighted by molar-refractivity contribution is 6.20. The second-order valence-corrected chi connectivity index (χ2v) is 4.48. The minimum atomic E-state index is -0.214. The van der Waals surface area contributed by atoms with E-state index in [0.29, 0.717) is 11.7 Å². The van der Waals surface area contributed by atoms with Crippen LogP contribution in [0.15, 0.2) is 4.52 Å². The summed E-state index contributed by atoms with van der Waals surface area (Å²) in [6, 6.07) is 0. The first kappa shape index (κ1) is 9.52. The van der Waals surface area contributed by atoms with Gasteiger partial charge >= 0.3 is 0 Å². The summed E-state index contributed by atoms with van der Waals surface area (Å²) in [5.74, 6) is 1.19. The Labute approximate surface area is 77.1 Å². The SMILES string of the molecule is C[C@@H](Cl)c1nc(C(C)(C)C)no1. The van der Waals surface area contributed by atoms with Gasteiger partial charge in [-0.1, -0.05) is 25.9 Å². The highest BCUT2D eigenvalue weighted by Gasteiger charge is 2.22. The van der Waals surface area contributed by atoms with Crippen LogP contribution in [-0.4, -0.2) is 10.1 Å². The molecular formula is C8H13ClN2O. The van der Waals surface area contributed by atoms with Crippen molar-refractivity contribution in [1.29, 1.82) is 0 Å². The number of alkyl halides is 1. The summed E-state index contributed by atoms with van der Waals surface area (Å²) in [7, 11) is 0. The molecule has 0 aromatic carbocycles. The zero-order chi connectivity index (χ0) is 9.35. The number of hydrogen-bond donors (Lipinski definition) is 0. The van der Waals surface area contributed by atoms with Gasteiger partial charge in [-0.25, -0.2) is 0 Å². The van der Waals surface area contributed by atoms with Crippen molar-refractivity contribution in [3.05, 3.63) is 11.7 Å². The van der Waals surface area contributed by atoms with Crippen molar-refractivity contribution in [3.8, 4) is 0 Å². The summed E-state index contributed by atoms with van der Waals surface area (Å²) in [5, 5.41) is 3.62. The van der Waals surface area contributed by atoms with Gasteiger partial charge in [-0.3, -0.25) is 0 Å². The number of nitrogens with zero attached hydrogens (tertiary/aromatic N) is 2. The Morgan fingerprint density at radius 2 is 2.00 bits per heavy atom. The van der Waals surface area contributed by atoms with E-state index < -0.39 is 0 Å². The molecule has 0 N–H and O–H groups in total. The summed E-state index contributed by atoms with van der Waals surface area (Å²) in [6.45, 7) is 7.89. The molecule has 0 amide bonds. The van der Waals surface area contributed by atoms with E-state index in [-0.39, 0.29) is 10.8 Å². The molecule has 0 aliphatic heterocycles. The lowest BCUT2D eigenvalue weighted by Gasteiger charge is -2.10. The third kappa shape index (κ3) is 1.97. The van der Waals surface area contributed by atoms with Crippen molar-refractivity contribution in [2.45, 2.75) is 38.5 Å². The smallest absolute Gasteiger partial charge is 0.244 e. The molecule has 0 bridgehead atoms. The molecule has 4 heteroatoms. The van der Waals surface area contributed by atoms with Crippen molar-refractivity contribution < 1.29 is 4.52 Å². The van der Waals surface area contributed by atoms with Crippen molar-refractivity contribution in [1.82, 2.24) is 10.1 Å². The van der Waals surface area contributed by atoms with Gasteiger partial charge in [0.15, 0.2) is 5.82 Å². The summed E-state index contributed by atoms with van der Waals surface area (Å²) < 4.78 is 4.96. The monoisotopic (exact) mass is 188 g/mol. The molecule has 0 saturated heterocycles. The maximum Gasteiger partial charge on any atom is 0.244 e. The molecule has 68 valence electrons. The Balaban J connectivity index is 2.92. The largest absolute Gasteiger partial charge is 0.338 e. The first-order valence-corrected chi connectivity index (χ1v) is 4.33. The molecule has 1 rings (SSSR count). The van der Waals surface area contributed by atoms with E-state index >= 15 is 0 Å². The van der Waals surface area contributed by atoms with E-state index in [1.165, 1.54) is 0 Å². The molecule has 3 nitrogen and oxygen atoms in total. The lowest BCUT2D eigenvalue weighted by molar-refractivity contribution is 0.363. The normalized spacial score (nSPS) is 14.8. The van der Waals surface area contributed by atoms with Crippen molar-refractivity contribution in [2.75, 3.05) is 0 Å². The highest BCUT2D eigenvalue weighted by Crippen LogP contribution is 2.22. The zero-order valence-corrected chi connectivity index (χ0v) is 8.51. The Bertz CT molecular complexity index is 262. The van der Waals surface area contributed by atoms with Crippen LogP contribution in [-0.2, 0) is 5.41 Å². The Morgan fingerprint density at radius 1 is 1.42 bits per heavy atom. The minimum Gasteiger partial charge on any atom is -0.338 e. The van der Waals surface area contributed by atoms with Crippen LogP contribution in [0.1, 0.15) is 44.8 Å². The minimum absolute atomic E-state index is 0.0759. The van der Waals surface area contributed by atoms with E-state index in [2.05, 4.69) is 10.1 Å². The van der Waals surface area contributed by atoms with Crippen LogP contribution in [0.2, 0.25) is 0 Å². The second kappa shape index (κ2) is 3.05. The fourth-order valence-corrected chi connectivity index (χ4v) is 0.790. The Kier molecular flexibility index (Phi) is 2.42. The molecular weight excluding hydrogens is 176 g/mol. The molecule has 0 saturated carbocycles. The molecule has 0 spiro atoms. The predicted molar refractivity (Wildman–Crippen MR) is 47.3 cm³/mol. The van der Waals surface area contributed by atoms with Gasteiger partial charge in [0.1, 0.15) is 5.38 Å². The molecule has 0 fully saturated rings. The summed E-state index contributed by atoms with van der Waals surface area (Å²) in [6.07, 6.45) is 0. The molecule has 1 atom stereocenters. The van der Waals surface area contributed by atoms with Gasteiger partial charge in [0.2, 0.25) is 5.89 Å². The van der Waals surface area contributed by atoms with Gasteiger partial charge in [-0.2, -0.15) is 4.98 Å². The van der Waals surface area contributed by atoms with Crippen molar-refractivity contribution in [3.63, 3.8) is 0 Å². The van der Waals surface area contributed by atoms with Crippen LogP contribution in [0.3, 0.4) is 0 Å². The fraction of sp³-hybridized carbons (Fsp3) is 0.750. The highest BCUT2D eigenvalue weighted by atomic mass is 35.5. The maximum atomic E-state index is 5.77. The lowest BCUT2D eigenvalue weighted by atomic mass is 9.96. The topological polar surface area (TPSA) is 38.9 Å². The van der Waals surface area contributed by atoms with Crippen LogP contribution in [0.25, 0.3) is 0 Å². The summed E-state index contributed by atoms with van der Waals surface area (Å²) in [4.78, 5) is 4.17. The molecule has 1 aromatic rings. The second-order valence-electron chi connectivity index (χ2n) is 3.82. The molecule has 0 unspecified atom stereocenters. The van der Waals surface area contributed by atoms with Gasteiger partial charge in [-0.15, -0.1) is 11.6 Å². The lowest BCUT2D eigenvalue weighted by Crippen LogP contribution is -2.13. The number of hydrogen-bond acceptors (Lipinski definition) is 3. The van der Waals surface area contributed by atoms with Gasteiger partial charge in [0, 0.05) is 5.41 Å². The van der Waals surface area contributed by atoms with Crippen LogP contribution in [0, 0.1) is 0 Å². The molecule has 1 aromatic heterocycles. The van der Waals surface area contributed by atoms with E-state index in [1.54, 1.807) is 0 Å². The van der Waals surface area contributed by atoms with Crippen LogP contribution >= 0.6 is 11.6 Å². The van der Waals surface area contributed by atoms with Gasteiger partial charge in [-0.05, 0) is 6.92 Å². The average molecular weight is 189 g/mol. The van der Waals surface area contributed by atoms with E-state index in [4.69, 9.17) is 16.1 Å². The first-order valence-electron chi connectivity index (χ1n) is 3.89. The van der Waals surface area contributed by atoms with Crippen LogP contribution in [0.4, 0.5) is 0 Å². The van der Waals surface area contributed by atoms with E-state index in [0.717, 1.165) is 0 Å². The number of halogens is 1. The van der Waals surface area contributed by atoms with E-state index in [9.17, 15) is 0 Å². The predicted octanol–water partition coefficient (Wildman–Crippen LogP) is 2.67. The summed E-state index contributed by atoms with van der Waals surface area (Å²) >= 11 is 5.77. The third-order valence-electron chi connectivity index (χ3n) is 1.45. The zero-order valence-electron chi connectivity index (χ0n) is 7.76. The summed E-state index contributed by atoms with van der Waals surface area (Å²) in [5.41, 5.74) is -0.0759. The van der Waals surface area contributed by atoms with Gasteiger partial charge in [0.05, 0.1) is 0 Å². The molecule has 0 aliphatic rings. The Hall–Kier alpha value is -0.570. The van der Waals surface area contributed by atoms with Crippen LogP contribution < -0.4 is 0 Å². The van der Waals surface area contributed by atoms with Gasteiger partial charge < -0.3 is 4.52 Å². The van der Waals surface area contributed by atoms with Crippen molar-refractivity contribution in [2.24, 2.45) is 0 Å². The number of aromatic nitrogens is 2. The molecule has 12 heavy (non-hydrogen) atoms. The van der Waals surface area contributed by atoms with Crippen LogP contribution in [0.5, 0.6) is 0 Å². The Morgan fingerprint density at radius 3 is 2.25 bits per heavy atom.